The molecule has 0 atom stereocenters. The molecule has 1 aromatic heterocycles. The molecule has 0 aliphatic heterocycles. The molecule has 0 saturated carbocycles. The number of ether oxygens (including phenoxy) is 2. The molecule has 0 spiro atoms. The van der Waals surface area contributed by atoms with Gasteiger partial charge in [-0.2, -0.15) is 0 Å². The van der Waals surface area contributed by atoms with Crippen LogP contribution in [0.3, 0.4) is 0 Å². The largest absolute Gasteiger partial charge is 0.481 e. The van der Waals surface area contributed by atoms with Crippen LogP contribution in [0.1, 0.15) is 16.1 Å². The highest BCUT2D eigenvalue weighted by Crippen LogP contribution is 2.19. The minimum Gasteiger partial charge on any atom is -0.481 e. The van der Waals surface area contributed by atoms with E-state index in [2.05, 4.69) is 9.72 Å². The van der Waals surface area contributed by atoms with Crippen molar-refractivity contribution in [3.8, 4) is 5.75 Å². The maximum absolute atomic E-state index is 12.7. The minimum absolute atomic E-state index is 0.00508. The molecule has 8 nitrogen and oxygen atoms in total. The lowest BCUT2D eigenvalue weighted by Crippen LogP contribution is -2.30. The average molecular weight is 364 g/mol. The molecule has 0 aliphatic carbocycles. The average Bonchev–Trinajstić information content (AvgIpc) is 2.62. The Morgan fingerprint density at radius 1 is 1.28 bits per heavy atom. The van der Waals surface area contributed by atoms with E-state index >= 15 is 0 Å². The number of methoxy groups -OCH3 is 1. The van der Waals surface area contributed by atoms with Crippen LogP contribution in [0.25, 0.3) is 0 Å². The number of aromatic carboxylic acids is 1. The second kappa shape index (κ2) is 8.34. The summed E-state index contributed by atoms with van der Waals surface area (Å²) in [5.74, 6) is -2.46. The number of hydrogen-bond donors (Lipinski definition) is 1. The first-order valence-corrected chi connectivity index (χ1v) is 8.36. The van der Waals surface area contributed by atoms with Crippen molar-refractivity contribution in [2.45, 2.75) is 18.3 Å². The molecule has 9 heteroatoms. The lowest BCUT2D eigenvalue weighted by Gasteiger charge is -2.14. The normalized spacial score (nSPS) is 10.3. The first-order valence-electron chi connectivity index (χ1n) is 7.13. The van der Waals surface area contributed by atoms with Crippen LogP contribution in [0.5, 0.6) is 5.75 Å². The van der Waals surface area contributed by atoms with Gasteiger partial charge in [-0.1, -0.05) is 42.1 Å². The highest BCUT2D eigenvalue weighted by molar-refractivity contribution is 7.98. The number of esters is 1. The van der Waals surface area contributed by atoms with Crippen molar-refractivity contribution in [2.75, 3.05) is 13.4 Å². The minimum atomic E-state index is -1.39. The van der Waals surface area contributed by atoms with Crippen LogP contribution in [-0.2, 0) is 22.7 Å². The number of carboxylic acids is 1. The van der Waals surface area contributed by atoms with Crippen molar-refractivity contribution in [3.63, 3.8) is 0 Å². The molecule has 25 heavy (non-hydrogen) atoms. The van der Waals surface area contributed by atoms with Gasteiger partial charge >= 0.3 is 11.9 Å². The second-order valence-corrected chi connectivity index (χ2v) is 5.60. The van der Waals surface area contributed by atoms with Gasteiger partial charge in [0, 0.05) is 0 Å². The van der Waals surface area contributed by atoms with Gasteiger partial charge in [0.2, 0.25) is 5.75 Å². The fourth-order valence-corrected chi connectivity index (χ4v) is 2.56. The quantitative estimate of drug-likeness (QED) is 0.446. The molecule has 2 rings (SSSR count). The first kappa shape index (κ1) is 18.5. The van der Waals surface area contributed by atoms with E-state index in [0.717, 1.165) is 21.9 Å². The molecule has 1 heterocycles. The summed E-state index contributed by atoms with van der Waals surface area (Å²) in [5, 5.41) is 9.42. The summed E-state index contributed by atoms with van der Waals surface area (Å²) in [4.78, 5) is 39.6. The molecule has 2 aromatic rings. The van der Waals surface area contributed by atoms with E-state index < -0.39 is 28.9 Å². The Morgan fingerprint density at radius 2 is 1.96 bits per heavy atom. The molecule has 0 unspecified atom stereocenters. The number of nitrogens with zero attached hydrogens (tertiary/aromatic N) is 2. The number of hydrogen-bond acceptors (Lipinski definition) is 7. The fraction of sp³-hybridized carbons (Fsp3) is 0.250. The molecule has 1 N–H and O–H groups in total. The van der Waals surface area contributed by atoms with Gasteiger partial charge < -0.3 is 14.6 Å². The molecule has 0 radical (unpaired) electrons. The van der Waals surface area contributed by atoms with Crippen LogP contribution in [0.15, 0.2) is 40.3 Å². The third kappa shape index (κ3) is 4.38. The Hall–Kier alpha value is -2.81. The summed E-state index contributed by atoms with van der Waals surface area (Å²) in [7, 11) is 1.19. The molecule has 0 saturated heterocycles. The zero-order valence-corrected chi connectivity index (χ0v) is 14.4. The number of benzene rings is 1. The van der Waals surface area contributed by atoms with Crippen LogP contribution in [0.2, 0.25) is 0 Å². The van der Waals surface area contributed by atoms with Gasteiger partial charge in [0.1, 0.15) is 13.2 Å². The van der Waals surface area contributed by atoms with Gasteiger partial charge in [-0.25, -0.2) is 9.78 Å². The van der Waals surface area contributed by atoms with Crippen LogP contribution >= 0.6 is 11.8 Å². The highest BCUT2D eigenvalue weighted by atomic mass is 32.2. The van der Waals surface area contributed by atoms with Gasteiger partial charge in [-0.15, -0.1) is 0 Å². The Bertz CT molecular complexity index is 835. The number of aromatic nitrogens is 2. The number of thioether (sulfide) groups is 1. The van der Waals surface area contributed by atoms with Gasteiger partial charge in [-0.05, 0) is 11.8 Å². The monoisotopic (exact) mass is 364 g/mol. The van der Waals surface area contributed by atoms with Crippen molar-refractivity contribution in [3.05, 3.63) is 51.9 Å². The van der Waals surface area contributed by atoms with Gasteiger partial charge in [0.25, 0.3) is 5.56 Å². The molecule has 132 valence electrons. The summed E-state index contributed by atoms with van der Waals surface area (Å²) in [6, 6.07) is 8.96. The predicted octanol–water partition coefficient (Wildman–Crippen LogP) is 1.42. The van der Waals surface area contributed by atoms with Gasteiger partial charge in [-0.3, -0.25) is 14.2 Å². The number of carboxylic acid groups (broad SMARTS) is 1. The Balaban J connectivity index is 2.47. The standard InChI is InChI=1S/C16H16N2O6S/c1-23-11(19)8-18-14(20)13(12(15(21)22)17-16(18)25-2)24-9-10-6-4-3-5-7-10/h3-7H,8-9H2,1-2H3,(H,21,22). The summed E-state index contributed by atoms with van der Waals surface area (Å²) < 4.78 is 11.0. The summed E-state index contributed by atoms with van der Waals surface area (Å²) in [6.07, 6.45) is 1.62. The molecule has 1 aromatic carbocycles. The van der Waals surface area contributed by atoms with Crippen LogP contribution in [0, 0.1) is 0 Å². The zero-order valence-electron chi connectivity index (χ0n) is 13.6. The van der Waals surface area contributed by atoms with E-state index in [-0.39, 0.29) is 18.3 Å². The van der Waals surface area contributed by atoms with E-state index in [9.17, 15) is 19.5 Å². The predicted molar refractivity (Wildman–Crippen MR) is 90.0 cm³/mol. The van der Waals surface area contributed by atoms with Crippen molar-refractivity contribution in [1.29, 1.82) is 0 Å². The van der Waals surface area contributed by atoms with Gasteiger partial charge in [0.05, 0.1) is 7.11 Å². The molecular weight excluding hydrogens is 348 g/mol. The molecule has 0 fully saturated rings. The van der Waals surface area contributed by atoms with Crippen molar-refractivity contribution >= 4 is 23.7 Å². The van der Waals surface area contributed by atoms with Crippen LogP contribution < -0.4 is 10.3 Å². The highest BCUT2D eigenvalue weighted by Gasteiger charge is 2.23. The number of carbonyl (C=O) groups excluding carboxylic acids is 1. The van der Waals surface area contributed by atoms with Crippen molar-refractivity contribution < 1.29 is 24.2 Å². The number of carbonyl (C=O) groups is 2. The van der Waals surface area contributed by atoms with E-state index in [0.29, 0.717) is 0 Å². The summed E-state index contributed by atoms with van der Waals surface area (Å²) in [5.41, 5.74) is -0.490. The van der Waals surface area contributed by atoms with Crippen molar-refractivity contribution in [2.24, 2.45) is 0 Å². The Morgan fingerprint density at radius 3 is 2.52 bits per heavy atom. The van der Waals surface area contributed by atoms with E-state index in [4.69, 9.17) is 4.74 Å². The first-order chi connectivity index (χ1) is 12.0. The van der Waals surface area contributed by atoms with E-state index in [1.807, 2.05) is 6.07 Å². The molecule has 0 aliphatic rings. The fourth-order valence-electron chi connectivity index (χ4n) is 2.01. The number of rotatable bonds is 7. The maximum Gasteiger partial charge on any atom is 0.358 e. The van der Waals surface area contributed by atoms with E-state index in [1.54, 1.807) is 30.5 Å². The smallest absolute Gasteiger partial charge is 0.358 e. The second-order valence-electron chi connectivity index (χ2n) is 4.82. The van der Waals surface area contributed by atoms with Crippen LogP contribution in [-0.4, -0.2) is 40.0 Å². The molecule has 0 bridgehead atoms. The Kier molecular flexibility index (Phi) is 6.18. The lowest BCUT2D eigenvalue weighted by atomic mass is 10.2. The van der Waals surface area contributed by atoms with E-state index in [1.165, 1.54) is 7.11 Å². The third-order valence-electron chi connectivity index (χ3n) is 3.22. The maximum atomic E-state index is 12.7. The molecule has 0 amide bonds. The summed E-state index contributed by atoms with van der Waals surface area (Å²) in [6.45, 7) is -0.394. The SMILES string of the molecule is COC(=O)Cn1c(SC)nc(C(=O)O)c(OCc2ccccc2)c1=O. The third-order valence-corrected chi connectivity index (χ3v) is 3.90. The van der Waals surface area contributed by atoms with Crippen LogP contribution in [0.4, 0.5) is 0 Å². The molecular formula is C16H16N2O6S. The van der Waals surface area contributed by atoms with Gasteiger partial charge in [0.15, 0.2) is 10.9 Å². The zero-order chi connectivity index (χ0) is 18.4. The summed E-state index contributed by atoms with van der Waals surface area (Å²) >= 11 is 1.04. The lowest BCUT2D eigenvalue weighted by molar-refractivity contribution is -0.141. The Labute approximate surface area is 147 Å². The topological polar surface area (TPSA) is 108 Å². The van der Waals surface area contributed by atoms with Crippen molar-refractivity contribution in [1.82, 2.24) is 9.55 Å².